The second-order valence-electron chi connectivity index (χ2n) is 9.30. The number of carbonyl (C=O) groups is 1. The van der Waals surface area contributed by atoms with Crippen LogP contribution in [0.25, 0.3) is 0 Å². The summed E-state index contributed by atoms with van der Waals surface area (Å²) in [7, 11) is -3.72. The molecule has 0 N–H and O–H groups in total. The van der Waals surface area contributed by atoms with Crippen LogP contribution in [0.2, 0.25) is 0 Å². The van der Waals surface area contributed by atoms with Gasteiger partial charge in [-0.25, -0.2) is 22.2 Å². The first kappa shape index (κ1) is 25.3. The summed E-state index contributed by atoms with van der Waals surface area (Å²) in [5, 5.41) is 0. The van der Waals surface area contributed by atoms with Gasteiger partial charge >= 0.3 is 6.18 Å². The lowest BCUT2D eigenvalue weighted by atomic mass is 10.00. The molecule has 1 aromatic heterocycles. The van der Waals surface area contributed by atoms with Gasteiger partial charge in [-0.15, -0.1) is 0 Å². The first-order valence-electron chi connectivity index (χ1n) is 10.7. The maximum atomic E-state index is 13.7. The molecule has 6 nitrogen and oxygen atoms in total. The molecule has 1 saturated heterocycles. The minimum absolute atomic E-state index is 0.0623. The molecule has 4 rings (SSSR count). The van der Waals surface area contributed by atoms with Gasteiger partial charge in [-0.3, -0.25) is 4.79 Å². The number of aromatic nitrogens is 1. The van der Waals surface area contributed by atoms with Crippen LogP contribution in [0.15, 0.2) is 41.3 Å². The van der Waals surface area contributed by atoms with Crippen LogP contribution < -0.4 is 4.74 Å². The maximum Gasteiger partial charge on any atom is 0.433 e. The van der Waals surface area contributed by atoms with Crippen LogP contribution in [0, 0.1) is 5.92 Å². The van der Waals surface area contributed by atoms with Crippen LogP contribution in [0.5, 0.6) is 5.75 Å². The quantitative estimate of drug-likeness (QED) is 0.532. The average molecular weight is 519 g/mol. The summed E-state index contributed by atoms with van der Waals surface area (Å²) in [6.07, 6.45) is -4.72. The van der Waals surface area contributed by atoms with Gasteiger partial charge in [-0.2, -0.15) is 13.2 Å². The zero-order chi connectivity index (χ0) is 26.0. The van der Waals surface area contributed by atoms with Crippen LogP contribution in [-0.4, -0.2) is 55.6 Å². The molecule has 12 heteroatoms. The minimum Gasteiger partial charge on any atom is -0.484 e. The summed E-state index contributed by atoms with van der Waals surface area (Å²) < 4.78 is 96.3. The normalized spacial score (nSPS) is 23.1. The molecule has 2 unspecified atom stereocenters. The standard InChI is InChI=1S/C23H23F5N2O4S/c1-13(21(2,24)25)34-17-8-7-15(35(3,32)33)9-16(17)20(31)30-11-14-10-22(14,12-30)18-5-4-6-19(29-18)23(26,27)28/h4-9,13-14H,10-12H2,1-3H3/t13-,14?,22?/m0/s1. The number of fused-ring (bicyclic) bond motifs is 1. The van der Waals surface area contributed by atoms with E-state index < -0.39 is 45.1 Å². The SMILES string of the molecule is C[C@H](Oc1ccc(S(C)(=O)=O)cc1C(=O)N1CC2CC2(c2cccc(C(F)(F)F)n2)C1)C(C)(F)F. The molecule has 1 aromatic carbocycles. The van der Waals surface area contributed by atoms with Crippen LogP contribution in [0.4, 0.5) is 22.0 Å². The molecular weight excluding hydrogens is 495 g/mol. The zero-order valence-corrected chi connectivity index (χ0v) is 19.9. The van der Waals surface area contributed by atoms with Gasteiger partial charge in [-0.05, 0) is 49.6 Å². The third kappa shape index (κ3) is 4.85. The van der Waals surface area contributed by atoms with Gasteiger partial charge < -0.3 is 9.64 Å². The van der Waals surface area contributed by atoms with E-state index in [-0.39, 0.29) is 40.9 Å². The molecule has 2 fully saturated rings. The number of amides is 1. The van der Waals surface area contributed by atoms with Gasteiger partial charge in [0.2, 0.25) is 0 Å². The van der Waals surface area contributed by atoms with Crippen LogP contribution in [-0.2, 0) is 21.4 Å². The lowest BCUT2D eigenvalue weighted by Gasteiger charge is -2.25. The number of nitrogens with zero attached hydrogens (tertiary/aromatic N) is 2. The van der Waals surface area contributed by atoms with Crippen molar-refractivity contribution in [2.24, 2.45) is 5.92 Å². The smallest absolute Gasteiger partial charge is 0.433 e. The first-order valence-corrected chi connectivity index (χ1v) is 12.6. The number of alkyl halides is 5. The lowest BCUT2D eigenvalue weighted by molar-refractivity contribution is -0.141. The number of halogens is 5. The molecular formula is C23H23F5N2O4S. The Morgan fingerprint density at radius 1 is 1.20 bits per heavy atom. The van der Waals surface area contributed by atoms with E-state index in [1.54, 1.807) is 0 Å². The second-order valence-corrected chi connectivity index (χ2v) is 11.3. The third-order valence-electron chi connectivity index (χ3n) is 6.61. The number of carbonyl (C=O) groups excluding carboxylic acids is 1. The van der Waals surface area contributed by atoms with Crippen LogP contribution in [0.3, 0.4) is 0 Å². The summed E-state index contributed by atoms with van der Waals surface area (Å²) >= 11 is 0. The van der Waals surface area contributed by atoms with E-state index in [0.717, 1.165) is 37.4 Å². The molecule has 35 heavy (non-hydrogen) atoms. The molecule has 0 radical (unpaired) electrons. The van der Waals surface area contributed by atoms with E-state index in [9.17, 15) is 35.2 Å². The Morgan fingerprint density at radius 2 is 1.89 bits per heavy atom. The fourth-order valence-electron chi connectivity index (χ4n) is 4.38. The van der Waals surface area contributed by atoms with Crippen molar-refractivity contribution in [2.75, 3.05) is 19.3 Å². The zero-order valence-electron chi connectivity index (χ0n) is 19.1. The van der Waals surface area contributed by atoms with Crippen molar-refractivity contribution < 1.29 is 39.9 Å². The number of hydrogen-bond donors (Lipinski definition) is 0. The molecule has 1 amide bonds. The predicted octanol–water partition coefficient (Wildman–Crippen LogP) is 4.34. The highest BCUT2D eigenvalue weighted by Gasteiger charge is 2.63. The fraction of sp³-hybridized carbons (Fsp3) is 0.478. The molecule has 0 spiro atoms. The summed E-state index contributed by atoms with van der Waals surface area (Å²) in [6, 6.07) is 7.04. The molecule has 1 aliphatic carbocycles. The summed E-state index contributed by atoms with van der Waals surface area (Å²) in [5.74, 6) is -4.22. The monoisotopic (exact) mass is 518 g/mol. The van der Waals surface area contributed by atoms with E-state index >= 15 is 0 Å². The number of rotatable bonds is 6. The summed E-state index contributed by atoms with van der Waals surface area (Å²) in [4.78, 5) is 18.4. The Balaban J connectivity index is 1.65. The molecule has 1 aliphatic heterocycles. The van der Waals surface area contributed by atoms with Crippen molar-refractivity contribution in [2.45, 2.75) is 48.8 Å². The maximum absolute atomic E-state index is 13.7. The van der Waals surface area contributed by atoms with Crippen molar-refractivity contribution in [1.82, 2.24) is 9.88 Å². The van der Waals surface area contributed by atoms with Gasteiger partial charge in [0, 0.05) is 37.4 Å². The van der Waals surface area contributed by atoms with Gasteiger partial charge in [0.15, 0.2) is 15.9 Å². The molecule has 2 aromatic rings. The fourth-order valence-corrected chi connectivity index (χ4v) is 5.03. The molecule has 190 valence electrons. The highest BCUT2D eigenvalue weighted by molar-refractivity contribution is 7.90. The highest BCUT2D eigenvalue weighted by Crippen LogP contribution is 2.59. The van der Waals surface area contributed by atoms with E-state index in [2.05, 4.69) is 4.98 Å². The predicted molar refractivity (Wildman–Crippen MR) is 115 cm³/mol. The molecule has 0 bridgehead atoms. The topological polar surface area (TPSA) is 76.6 Å². The number of hydrogen-bond acceptors (Lipinski definition) is 5. The van der Waals surface area contributed by atoms with E-state index in [4.69, 9.17) is 4.74 Å². The second kappa shape index (κ2) is 8.14. The largest absolute Gasteiger partial charge is 0.484 e. The van der Waals surface area contributed by atoms with Gasteiger partial charge in [0.05, 0.1) is 10.5 Å². The van der Waals surface area contributed by atoms with Crippen molar-refractivity contribution in [3.05, 3.63) is 53.3 Å². The Labute approximate surface area is 199 Å². The first-order chi connectivity index (χ1) is 16.0. The Hall–Kier alpha value is -2.76. The Morgan fingerprint density at radius 3 is 2.49 bits per heavy atom. The number of ether oxygens (including phenoxy) is 1. The van der Waals surface area contributed by atoms with Gasteiger partial charge in [-0.1, -0.05) is 6.07 Å². The van der Waals surface area contributed by atoms with Gasteiger partial charge in [0.1, 0.15) is 11.4 Å². The number of pyridine rings is 1. The molecule has 1 saturated carbocycles. The van der Waals surface area contributed by atoms with Crippen LogP contribution >= 0.6 is 0 Å². The molecule has 3 atom stereocenters. The number of piperidine rings is 1. The van der Waals surface area contributed by atoms with Gasteiger partial charge in [0.25, 0.3) is 11.8 Å². The number of benzene rings is 1. The van der Waals surface area contributed by atoms with Crippen molar-refractivity contribution >= 4 is 15.7 Å². The van der Waals surface area contributed by atoms with Crippen LogP contribution in [0.1, 0.15) is 42.0 Å². The number of sulfone groups is 1. The molecule has 2 heterocycles. The van der Waals surface area contributed by atoms with Crippen molar-refractivity contribution in [3.8, 4) is 5.75 Å². The number of likely N-dealkylation sites (tertiary alicyclic amines) is 1. The lowest BCUT2D eigenvalue weighted by Crippen LogP contribution is -2.35. The summed E-state index contributed by atoms with van der Waals surface area (Å²) in [6.45, 7) is 2.05. The van der Waals surface area contributed by atoms with Crippen molar-refractivity contribution in [1.29, 1.82) is 0 Å². The minimum atomic E-state index is -4.61. The van der Waals surface area contributed by atoms with E-state index in [0.29, 0.717) is 13.3 Å². The van der Waals surface area contributed by atoms with E-state index in [1.807, 2.05) is 0 Å². The van der Waals surface area contributed by atoms with Crippen molar-refractivity contribution in [3.63, 3.8) is 0 Å². The highest BCUT2D eigenvalue weighted by atomic mass is 32.2. The Kier molecular flexibility index (Phi) is 5.89. The Bertz CT molecular complexity index is 1280. The van der Waals surface area contributed by atoms with E-state index in [1.165, 1.54) is 17.0 Å². The average Bonchev–Trinajstić information content (AvgIpc) is 3.32. The summed E-state index contributed by atoms with van der Waals surface area (Å²) in [5.41, 5.74) is -1.74. The molecule has 2 aliphatic rings. The third-order valence-corrected chi connectivity index (χ3v) is 7.72.